The average molecular weight is 231 g/mol. The number of hydrogen-bond donors (Lipinski definition) is 1. The van der Waals surface area contributed by atoms with E-state index in [1.165, 1.54) is 0 Å². The zero-order valence-corrected chi connectivity index (χ0v) is 9.44. The quantitative estimate of drug-likeness (QED) is 0.798. The van der Waals surface area contributed by atoms with E-state index in [-0.39, 0.29) is 6.17 Å². The van der Waals surface area contributed by atoms with Crippen molar-refractivity contribution in [1.82, 2.24) is 10.2 Å². The maximum atomic E-state index is 6.12. The smallest absolute Gasteiger partial charge is 0.0873 e. The van der Waals surface area contributed by atoms with E-state index >= 15 is 0 Å². The van der Waals surface area contributed by atoms with Crippen molar-refractivity contribution in [3.8, 4) is 0 Å². The normalized spacial score (nSPS) is 22.9. The SMILES string of the molecule is CN1CCN[C@@H]1c1ccc(Cl)cc1Cl. The van der Waals surface area contributed by atoms with E-state index in [9.17, 15) is 0 Å². The van der Waals surface area contributed by atoms with Crippen molar-refractivity contribution < 1.29 is 0 Å². The first kappa shape index (κ1) is 10.2. The van der Waals surface area contributed by atoms with Crippen molar-refractivity contribution >= 4 is 23.2 Å². The van der Waals surface area contributed by atoms with Gasteiger partial charge >= 0.3 is 0 Å². The number of likely N-dealkylation sites (N-methyl/N-ethyl adjacent to an activating group) is 1. The van der Waals surface area contributed by atoms with Crippen LogP contribution < -0.4 is 5.32 Å². The molecule has 1 fully saturated rings. The Morgan fingerprint density at radius 3 is 2.79 bits per heavy atom. The van der Waals surface area contributed by atoms with Crippen molar-refractivity contribution in [2.75, 3.05) is 20.1 Å². The molecule has 1 atom stereocenters. The van der Waals surface area contributed by atoms with Crippen LogP contribution >= 0.6 is 23.2 Å². The van der Waals surface area contributed by atoms with E-state index < -0.39 is 0 Å². The van der Waals surface area contributed by atoms with Gasteiger partial charge < -0.3 is 0 Å². The van der Waals surface area contributed by atoms with Gasteiger partial charge in [-0.1, -0.05) is 29.3 Å². The van der Waals surface area contributed by atoms with Crippen LogP contribution in [0.4, 0.5) is 0 Å². The average Bonchev–Trinajstić information content (AvgIpc) is 2.52. The molecular weight excluding hydrogens is 219 g/mol. The molecule has 1 aliphatic rings. The van der Waals surface area contributed by atoms with Crippen LogP contribution in [0.15, 0.2) is 18.2 Å². The molecule has 0 amide bonds. The topological polar surface area (TPSA) is 15.3 Å². The molecule has 0 saturated carbocycles. The highest BCUT2D eigenvalue weighted by Gasteiger charge is 2.23. The number of benzene rings is 1. The standard InChI is InChI=1S/C10H12Cl2N2/c1-14-5-4-13-10(14)8-3-2-7(11)6-9(8)12/h2-3,6,10,13H,4-5H2,1H3/t10-/m0/s1. The number of hydrogen-bond acceptors (Lipinski definition) is 2. The first-order chi connectivity index (χ1) is 6.68. The third-order valence-corrected chi connectivity index (χ3v) is 3.06. The van der Waals surface area contributed by atoms with E-state index in [0.717, 1.165) is 23.7 Å². The Kier molecular flexibility index (Phi) is 2.98. The van der Waals surface area contributed by atoms with Gasteiger partial charge in [0.2, 0.25) is 0 Å². The first-order valence-corrected chi connectivity index (χ1v) is 5.32. The summed E-state index contributed by atoms with van der Waals surface area (Å²) in [5.41, 5.74) is 1.09. The fraction of sp³-hybridized carbons (Fsp3) is 0.400. The Morgan fingerprint density at radius 2 is 2.21 bits per heavy atom. The molecule has 1 heterocycles. The van der Waals surface area contributed by atoms with E-state index in [2.05, 4.69) is 17.3 Å². The fourth-order valence-corrected chi connectivity index (χ4v) is 2.25. The third kappa shape index (κ3) is 1.89. The molecule has 1 aliphatic heterocycles. The Morgan fingerprint density at radius 1 is 1.43 bits per heavy atom. The summed E-state index contributed by atoms with van der Waals surface area (Å²) in [5.74, 6) is 0. The highest BCUT2D eigenvalue weighted by molar-refractivity contribution is 6.35. The van der Waals surface area contributed by atoms with Crippen molar-refractivity contribution in [2.45, 2.75) is 6.17 Å². The summed E-state index contributed by atoms with van der Waals surface area (Å²) in [7, 11) is 2.08. The molecule has 76 valence electrons. The van der Waals surface area contributed by atoms with Gasteiger partial charge in [-0.2, -0.15) is 0 Å². The molecular formula is C10H12Cl2N2. The minimum Gasteiger partial charge on any atom is -0.297 e. The molecule has 0 aliphatic carbocycles. The highest BCUT2D eigenvalue weighted by atomic mass is 35.5. The van der Waals surface area contributed by atoms with Crippen molar-refractivity contribution in [1.29, 1.82) is 0 Å². The van der Waals surface area contributed by atoms with Gasteiger partial charge in [0.25, 0.3) is 0 Å². The molecule has 14 heavy (non-hydrogen) atoms. The minimum atomic E-state index is 0.222. The highest BCUT2D eigenvalue weighted by Crippen LogP contribution is 2.29. The van der Waals surface area contributed by atoms with Crippen LogP contribution in [0.25, 0.3) is 0 Å². The molecule has 1 N–H and O–H groups in total. The predicted octanol–water partition coefficient (Wildman–Crippen LogP) is 2.53. The Bertz CT molecular complexity index is 341. The zero-order valence-electron chi connectivity index (χ0n) is 7.93. The van der Waals surface area contributed by atoms with Gasteiger partial charge in [0.05, 0.1) is 6.17 Å². The number of halogens is 2. The maximum absolute atomic E-state index is 6.12. The van der Waals surface area contributed by atoms with Crippen LogP contribution in [-0.2, 0) is 0 Å². The summed E-state index contributed by atoms with van der Waals surface area (Å²) >= 11 is 12.0. The van der Waals surface area contributed by atoms with E-state index in [0.29, 0.717) is 5.02 Å². The molecule has 1 saturated heterocycles. The van der Waals surface area contributed by atoms with E-state index in [1.807, 2.05) is 12.1 Å². The Balaban J connectivity index is 2.31. The van der Waals surface area contributed by atoms with Crippen LogP contribution in [0, 0.1) is 0 Å². The third-order valence-electron chi connectivity index (χ3n) is 2.50. The van der Waals surface area contributed by atoms with E-state index in [1.54, 1.807) is 6.07 Å². The molecule has 2 nitrogen and oxygen atoms in total. The monoisotopic (exact) mass is 230 g/mol. The van der Waals surface area contributed by atoms with Crippen LogP contribution in [0.3, 0.4) is 0 Å². The lowest BCUT2D eigenvalue weighted by Crippen LogP contribution is -2.23. The molecule has 0 aromatic heterocycles. The first-order valence-electron chi connectivity index (χ1n) is 4.57. The number of nitrogens with zero attached hydrogens (tertiary/aromatic N) is 1. The fourth-order valence-electron chi connectivity index (χ4n) is 1.73. The molecule has 1 aromatic carbocycles. The lowest BCUT2D eigenvalue weighted by atomic mass is 10.1. The molecule has 0 radical (unpaired) electrons. The second-order valence-electron chi connectivity index (χ2n) is 3.50. The van der Waals surface area contributed by atoms with Gasteiger partial charge in [0, 0.05) is 28.7 Å². The molecule has 4 heteroatoms. The summed E-state index contributed by atoms with van der Waals surface area (Å²) < 4.78 is 0. The van der Waals surface area contributed by atoms with Crippen molar-refractivity contribution in [3.63, 3.8) is 0 Å². The van der Waals surface area contributed by atoms with E-state index in [4.69, 9.17) is 23.2 Å². The Labute approximate surface area is 93.8 Å². The van der Waals surface area contributed by atoms with Crippen LogP contribution in [0.5, 0.6) is 0 Å². The molecule has 0 unspecified atom stereocenters. The second kappa shape index (κ2) is 4.07. The lowest BCUT2D eigenvalue weighted by Gasteiger charge is -2.20. The number of rotatable bonds is 1. The summed E-state index contributed by atoms with van der Waals surface area (Å²) in [5, 5.41) is 4.79. The molecule has 0 bridgehead atoms. The second-order valence-corrected chi connectivity index (χ2v) is 4.35. The Hall–Kier alpha value is -0.280. The lowest BCUT2D eigenvalue weighted by molar-refractivity contribution is 0.301. The summed E-state index contributed by atoms with van der Waals surface area (Å²) in [4.78, 5) is 2.23. The minimum absolute atomic E-state index is 0.222. The summed E-state index contributed by atoms with van der Waals surface area (Å²) in [6.45, 7) is 2.05. The molecule has 2 rings (SSSR count). The van der Waals surface area contributed by atoms with Gasteiger partial charge in [-0.15, -0.1) is 0 Å². The zero-order chi connectivity index (χ0) is 10.1. The van der Waals surface area contributed by atoms with Gasteiger partial charge in [0.15, 0.2) is 0 Å². The van der Waals surface area contributed by atoms with Gasteiger partial charge in [0.1, 0.15) is 0 Å². The van der Waals surface area contributed by atoms with Gasteiger partial charge in [-0.25, -0.2) is 0 Å². The van der Waals surface area contributed by atoms with Crippen molar-refractivity contribution in [2.24, 2.45) is 0 Å². The van der Waals surface area contributed by atoms with Gasteiger partial charge in [-0.05, 0) is 19.2 Å². The van der Waals surface area contributed by atoms with Crippen molar-refractivity contribution in [3.05, 3.63) is 33.8 Å². The number of nitrogens with one attached hydrogen (secondary N) is 1. The molecule has 1 aromatic rings. The van der Waals surface area contributed by atoms with Crippen LogP contribution in [0.1, 0.15) is 11.7 Å². The summed E-state index contributed by atoms with van der Waals surface area (Å²) in [6.07, 6.45) is 0.222. The van der Waals surface area contributed by atoms with Crippen LogP contribution in [0.2, 0.25) is 10.0 Å². The summed E-state index contributed by atoms with van der Waals surface area (Å²) in [6, 6.07) is 5.63. The predicted molar refractivity (Wildman–Crippen MR) is 59.8 cm³/mol. The van der Waals surface area contributed by atoms with Gasteiger partial charge in [-0.3, -0.25) is 10.2 Å². The largest absolute Gasteiger partial charge is 0.297 e. The van der Waals surface area contributed by atoms with Crippen LogP contribution in [-0.4, -0.2) is 25.0 Å². The maximum Gasteiger partial charge on any atom is 0.0873 e. The molecule has 0 spiro atoms.